The van der Waals surface area contributed by atoms with Crippen molar-refractivity contribution in [2.24, 2.45) is 0 Å². The van der Waals surface area contributed by atoms with Crippen LogP contribution in [0.1, 0.15) is 41.4 Å². The Morgan fingerprint density at radius 1 is 1.09 bits per heavy atom. The number of halogens is 1. The van der Waals surface area contributed by atoms with E-state index in [4.69, 9.17) is 21.1 Å². The number of carbonyl (C=O) groups is 1. The van der Waals surface area contributed by atoms with Crippen LogP contribution in [0.2, 0.25) is 5.02 Å². The second-order valence-electron chi connectivity index (χ2n) is 8.47. The second-order valence-corrected chi connectivity index (χ2v) is 8.91. The Kier molecular flexibility index (Phi) is 7.09. The van der Waals surface area contributed by atoms with Crippen LogP contribution in [0.15, 0.2) is 66.7 Å². The van der Waals surface area contributed by atoms with Gasteiger partial charge in [-0.05, 0) is 86.0 Å². The number of benzene rings is 3. The molecule has 0 aromatic heterocycles. The van der Waals surface area contributed by atoms with Crippen molar-refractivity contribution in [2.45, 2.75) is 32.4 Å². The molecular weight excluding hydrogens is 436 g/mol. The number of methoxy groups -OCH3 is 1. The molecule has 172 valence electrons. The first-order valence-electron chi connectivity index (χ1n) is 11.2. The molecule has 1 heterocycles. The van der Waals surface area contributed by atoms with Crippen molar-refractivity contribution in [2.75, 3.05) is 25.6 Å². The monoisotopic (exact) mass is 464 g/mol. The third-order valence-corrected chi connectivity index (χ3v) is 5.99. The molecule has 1 aliphatic heterocycles. The minimum absolute atomic E-state index is 0.0455. The molecule has 3 aromatic carbocycles. The first-order chi connectivity index (χ1) is 15.9. The number of nitrogens with one attached hydrogen (secondary N) is 1. The second kappa shape index (κ2) is 10.2. The largest absolute Gasteiger partial charge is 0.497 e. The summed E-state index contributed by atoms with van der Waals surface area (Å²) in [5.74, 6) is 1.46. The van der Waals surface area contributed by atoms with Gasteiger partial charge in [-0.2, -0.15) is 0 Å². The molecule has 5 nitrogen and oxygen atoms in total. The predicted molar refractivity (Wildman–Crippen MR) is 133 cm³/mol. The number of ether oxygens (including phenoxy) is 2. The summed E-state index contributed by atoms with van der Waals surface area (Å²) >= 11 is 6.16. The van der Waals surface area contributed by atoms with E-state index in [9.17, 15) is 4.79 Å². The van der Waals surface area contributed by atoms with Gasteiger partial charge in [-0.1, -0.05) is 23.7 Å². The molecule has 0 saturated heterocycles. The first-order valence-corrected chi connectivity index (χ1v) is 11.5. The van der Waals surface area contributed by atoms with Crippen molar-refractivity contribution in [3.63, 3.8) is 0 Å². The summed E-state index contributed by atoms with van der Waals surface area (Å²) in [6, 6.07) is 21.1. The van der Waals surface area contributed by atoms with Crippen LogP contribution in [0, 0.1) is 0 Å². The zero-order valence-corrected chi connectivity index (χ0v) is 19.9. The van der Waals surface area contributed by atoms with Crippen LogP contribution in [0.3, 0.4) is 0 Å². The topological polar surface area (TPSA) is 50.8 Å². The van der Waals surface area contributed by atoms with Crippen LogP contribution in [0.5, 0.6) is 11.5 Å². The minimum Gasteiger partial charge on any atom is -0.497 e. The lowest BCUT2D eigenvalue weighted by Crippen LogP contribution is -2.42. The lowest BCUT2D eigenvalue weighted by atomic mass is 9.91. The Balaban J connectivity index is 1.63. The highest BCUT2D eigenvalue weighted by Crippen LogP contribution is 2.34. The zero-order chi connectivity index (χ0) is 23.4. The molecule has 0 aliphatic carbocycles. The van der Waals surface area contributed by atoms with Crippen LogP contribution in [-0.2, 0) is 6.42 Å². The third-order valence-electron chi connectivity index (χ3n) is 5.76. The van der Waals surface area contributed by atoms with E-state index in [2.05, 4.69) is 37.4 Å². The maximum Gasteiger partial charge on any atom is 0.254 e. The van der Waals surface area contributed by atoms with E-state index < -0.39 is 0 Å². The number of hydrogen-bond acceptors (Lipinski definition) is 4. The lowest BCUT2D eigenvalue weighted by molar-refractivity contribution is 0.0590. The van der Waals surface area contributed by atoms with E-state index >= 15 is 0 Å². The molecule has 0 fully saturated rings. The fourth-order valence-electron chi connectivity index (χ4n) is 4.19. The summed E-state index contributed by atoms with van der Waals surface area (Å²) in [6.07, 6.45) is 0.786. The lowest BCUT2D eigenvalue weighted by Gasteiger charge is -2.37. The predicted octanol–water partition coefficient (Wildman–Crippen LogP) is 5.99. The number of amides is 1. The molecule has 3 aromatic rings. The first kappa shape index (κ1) is 23.0. The molecule has 0 radical (unpaired) electrons. The fraction of sp³-hybridized carbons (Fsp3) is 0.296. The number of carbonyl (C=O) groups excluding carboxylic acids is 1. The van der Waals surface area contributed by atoms with Crippen LogP contribution in [0.4, 0.5) is 5.69 Å². The van der Waals surface area contributed by atoms with Crippen LogP contribution < -0.4 is 14.8 Å². The van der Waals surface area contributed by atoms with Gasteiger partial charge in [-0.25, -0.2) is 0 Å². The van der Waals surface area contributed by atoms with E-state index in [0.29, 0.717) is 29.8 Å². The van der Waals surface area contributed by atoms with Gasteiger partial charge in [0, 0.05) is 28.9 Å². The normalized spacial score (nSPS) is 15.2. The summed E-state index contributed by atoms with van der Waals surface area (Å²) in [7, 11) is 1.64. The highest BCUT2D eigenvalue weighted by molar-refractivity contribution is 6.30. The molecule has 1 unspecified atom stereocenters. The van der Waals surface area contributed by atoms with E-state index in [0.717, 1.165) is 29.2 Å². The minimum atomic E-state index is -0.213. The molecule has 0 spiro atoms. The van der Waals surface area contributed by atoms with E-state index in [1.807, 2.05) is 29.2 Å². The van der Waals surface area contributed by atoms with Crippen LogP contribution in [0.25, 0.3) is 0 Å². The molecule has 1 N–H and O–H groups in total. The number of rotatable bonds is 7. The molecule has 1 amide bonds. The Morgan fingerprint density at radius 3 is 2.55 bits per heavy atom. The number of nitrogens with zero attached hydrogens (tertiary/aromatic N) is 1. The molecule has 6 heteroatoms. The van der Waals surface area contributed by atoms with Crippen LogP contribution >= 0.6 is 11.6 Å². The maximum atomic E-state index is 13.5. The fourth-order valence-corrected chi connectivity index (χ4v) is 4.38. The van der Waals surface area contributed by atoms with Crippen molar-refractivity contribution in [3.05, 3.63) is 88.4 Å². The Hall–Kier alpha value is -3.18. The van der Waals surface area contributed by atoms with Gasteiger partial charge >= 0.3 is 0 Å². The summed E-state index contributed by atoms with van der Waals surface area (Å²) in [6.45, 7) is 5.20. The zero-order valence-electron chi connectivity index (χ0n) is 19.2. The van der Waals surface area contributed by atoms with E-state index in [1.165, 1.54) is 5.56 Å². The summed E-state index contributed by atoms with van der Waals surface area (Å²) in [5, 5.41) is 4.02. The Bertz CT molecular complexity index is 1110. The molecule has 1 atom stereocenters. The van der Waals surface area contributed by atoms with Gasteiger partial charge in [0.2, 0.25) is 0 Å². The number of hydrogen-bond donors (Lipinski definition) is 1. The van der Waals surface area contributed by atoms with Gasteiger partial charge in [0.1, 0.15) is 18.1 Å². The standard InChI is InChI=1S/C27H29ClN2O3/c1-18(2)29-22-7-12-25-19(16-22)13-14-30(27(31)20-5-4-6-21(28)15-20)26(25)17-33-24-10-8-23(32-3)9-11-24/h4-12,15-16,18,26,29H,13-14,17H2,1-3H3. The van der Waals surface area contributed by atoms with Crippen molar-refractivity contribution in [3.8, 4) is 11.5 Å². The molecule has 1 aliphatic rings. The van der Waals surface area contributed by atoms with E-state index in [1.54, 1.807) is 31.4 Å². The maximum absolute atomic E-state index is 13.5. The summed E-state index contributed by atoms with van der Waals surface area (Å²) in [4.78, 5) is 15.4. The van der Waals surface area contributed by atoms with Gasteiger partial charge < -0.3 is 19.7 Å². The van der Waals surface area contributed by atoms with Gasteiger partial charge in [-0.3, -0.25) is 4.79 Å². The highest BCUT2D eigenvalue weighted by Gasteiger charge is 2.32. The summed E-state index contributed by atoms with van der Waals surface area (Å²) < 4.78 is 11.4. The molecule has 33 heavy (non-hydrogen) atoms. The SMILES string of the molecule is COc1ccc(OCC2c3ccc(NC(C)C)cc3CCN2C(=O)c2cccc(Cl)c2)cc1. The Morgan fingerprint density at radius 2 is 1.85 bits per heavy atom. The average molecular weight is 465 g/mol. The average Bonchev–Trinajstić information content (AvgIpc) is 2.81. The smallest absolute Gasteiger partial charge is 0.254 e. The summed E-state index contributed by atoms with van der Waals surface area (Å²) in [5.41, 5.74) is 4.02. The Labute approximate surface area is 200 Å². The molecule has 0 saturated carbocycles. The number of anilines is 1. The van der Waals surface area contributed by atoms with Crippen molar-refractivity contribution in [1.29, 1.82) is 0 Å². The quantitative estimate of drug-likeness (QED) is 0.466. The number of fused-ring (bicyclic) bond motifs is 1. The van der Waals surface area contributed by atoms with Gasteiger partial charge in [-0.15, -0.1) is 0 Å². The van der Waals surface area contributed by atoms with Gasteiger partial charge in [0.25, 0.3) is 5.91 Å². The molecule has 0 bridgehead atoms. The highest BCUT2D eigenvalue weighted by atomic mass is 35.5. The van der Waals surface area contributed by atoms with Crippen molar-refractivity contribution >= 4 is 23.2 Å². The third kappa shape index (κ3) is 5.42. The van der Waals surface area contributed by atoms with Gasteiger partial charge in [0.15, 0.2) is 0 Å². The van der Waals surface area contributed by atoms with Crippen molar-refractivity contribution < 1.29 is 14.3 Å². The van der Waals surface area contributed by atoms with Crippen LogP contribution in [-0.4, -0.2) is 37.1 Å². The van der Waals surface area contributed by atoms with Crippen molar-refractivity contribution in [1.82, 2.24) is 4.90 Å². The molecule has 4 rings (SSSR count). The van der Waals surface area contributed by atoms with E-state index in [-0.39, 0.29) is 11.9 Å². The molecular formula is C27H29ClN2O3. The van der Waals surface area contributed by atoms with Gasteiger partial charge in [0.05, 0.1) is 13.2 Å².